The fourth-order valence-corrected chi connectivity index (χ4v) is 4.83. The molecule has 0 aliphatic heterocycles. The summed E-state index contributed by atoms with van der Waals surface area (Å²) >= 11 is 3.16. The van der Waals surface area contributed by atoms with Crippen LogP contribution in [0.4, 0.5) is 5.82 Å². The first-order valence-electron chi connectivity index (χ1n) is 6.95. The van der Waals surface area contributed by atoms with Gasteiger partial charge in [0.25, 0.3) is 5.91 Å². The molecule has 0 bridgehead atoms. The smallest absolute Gasteiger partial charge is 0.251 e. The highest BCUT2D eigenvalue weighted by Crippen LogP contribution is 2.41. The second-order valence-corrected chi connectivity index (χ2v) is 7.34. The molecule has 3 rings (SSSR count). The third-order valence-corrected chi connectivity index (χ3v) is 6.24. The van der Waals surface area contributed by atoms with Gasteiger partial charge in [0.15, 0.2) is 0 Å². The van der Waals surface area contributed by atoms with E-state index in [1.165, 1.54) is 28.0 Å². The minimum Gasteiger partial charge on any atom is -0.383 e. The maximum Gasteiger partial charge on any atom is 0.251 e. The zero-order valence-electron chi connectivity index (χ0n) is 12.4. The van der Waals surface area contributed by atoms with Gasteiger partial charge in [0.2, 0.25) is 0 Å². The lowest BCUT2D eigenvalue weighted by molar-refractivity contribution is 0.100. The molecule has 3 aromatic rings. The van der Waals surface area contributed by atoms with Gasteiger partial charge in [-0.3, -0.25) is 4.79 Å². The van der Waals surface area contributed by atoms with Gasteiger partial charge in [0, 0.05) is 32.6 Å². The summed E-state index contributed by atoms with van der Waals surface area (Å²) in [6.45, 7) is 2.05. The Morgan fingerprint density at radius 2 is 2.09 bits per heavy atom. The van der Waals surface area contributed by atoms with E-state index in [0.29, 0.717) is 17.8 Å². The van der Waals surface area contributed by atoms with E-state index in [1.807, 2.05) is 13.0 Å². The van der Waals surface area contributed by atoms with Crippen molar-refractivity contribution in [3.63, 3.8) is 0 Å². The number of rotatable bonds is 4. The molecule has 5 nitrogen and oxygen atoms in total. The zero-order valence-corrected chi connectivity index (χ0v) is 14.1. The number of thiophene rings is 2. The molecule has 0 unspecified atom stereocenters. The summed E-state index contributed by atoms with van der Waals surface area (Å²) in [5.41, 5.74) is 12.9. The highest BCUT2D eigenvalue weighted by molar-refractivity contribution is 7.26. The Labute approximate surface area is 141 Å². The molecule has 4 N–H and O–H groups in total. The van der Waals surface area contributed by atoms with E-state index in [2.05, 4.69) is 17.1 Å². The maximum absolute atomic E-state index is 11.6. The van der Waals surface area contributed by atoms with Gasteiger partial charge in [0.1, 0.15) is 5.82 Å². The number of primary amides is 1. The van der Waals surface area contributed by atoms with Crippen molar-refractivity contribution < 1.29 is 4.79 Å². The highest BCUT2D eigenvalue weighted by atomic mass is 32.1. The number of aryl methyl sites for hydroxylation is 2. The summed E-state index contributed by atoms with van der Waals surface area (Å²) in [5.74, 6) is -0.113. The SMILES string of the molecule is Cc1cc(-c2cc3c(N)ncc(C(N)=O)c3s2)sc1CCC#N. The summed E-state index contributed by atoms with van der Waals surface area (Å²) in [4.78, 5) is 19.0. The number of hydrogen-bond acceptors (Lipinski definition) is 6. The van der Waals surface area contributed by atoms with E-state index >= 15 is 0 Å². The number of carbonyl (C=O) groups excluding carboxylic acids is 1. The van der Waals surface area contributed by atoms with Crippen LogP contribution in [0, 0.1) is 18.3 Å². The number of nitrogens with zero attached hydrogens (tertiary/aromatic N) is 2. The highest BCUT2D eigenvalue weighted by Gasteiger charge is 2.16. The lowest BCUT2D eigenvalue weighted by Crippen LogP contribution is -2.11. The lowest BCUT2D eigenvalue weighted by atomic mass is 10.2. The molecule has 116 valence electrons. The van der Waals surface area contributed by atoms with Gasteiger partial charge in [-0.1, -0.05) is 0 Å². The van der Waals surface area contributed by atoms with Crippen LogP contribution < -0.4 is 11.5 Å². The summed E-state index contributed by atoms with van der Waals surface area (Å²) in [5, 5.41) is 9.50. The van der Waals surface area contributed by atoms with Crippen molar-refractivity contribution in [2.24, 2.45) is 5.73 Å². The number of nitrogen functional groups attached to an aromatic ring is 1. The molecule has 0 aliphatic carbocycles. The first-order valence-corrected chi connectivity index (χ1v) is 8.59. The monoisotopic (exact) mass is 342 g/mol. The molecular weight excluding hydrogens is 328 g/mol. The maximum atomic E-state index is 11.6. The predicted molar refractivity (Wildman–Crippen MR) is 94.5 cm³/mol. The molecule has 0 spiro atoms. The Kier molecular flexibility index (Phi) is 4.03. The molecule has 0 radical (unpaired) electrons. The van der Waals surface area contributed by atoms with E-state index in [9.17, 15) is 4.79 Å². The average Bonchev–Trinajstić information content (AvgIpc) is 3.09. The molecule has 0 atom stereocenters. The molecule has 7 heteroatoms. The van der Waals surface area contributed by atoms with E-state index in [4.69, 9.17) is 16.7 Å². The van der Waals surface area contributed by atoms with E-state index in [0.717, 1.165) is 26.3 Å². The standard InChI is InChI=1S/C16H14N4OS2/c1-8-5-12(22-11(8)3-2-4-17)13-6-9-14(23-13)10(16(19)21)7-20-15(9)18/h5-7H,2-3H2,1H3,(H2,18,20)(H2,19,21). The van der Waals surface area contributed by atoms with Crippen molar-refractivity contribution in [3.05, 3.63) is 34.3 Å². The van der Waals surface area contributed by atoms with Crippen molar-refractivity contribution in [3.8, 4) is 15.8 Å². The lowest BCUT2D eigenvalue weighted by Gasteiger charge is -1.99. The van der Waals surface area contributed by atoms with Crippen molar-refractivity contribution in [2.45, 2.75) is 19.8 Å². The van der Waals surface area contributed by atoms with E-state index in [1.54, 1.807) is 11.3 Å². The average molecular weight is 342 g/mol. The fourth-order valence-electron chi connectivity index (χ4n) is 2.40. The van der Waals surface area contributed by atoms with Crippen LogP contribution in [0.15, 0.2) is 18.3 Å². The molecule has 1 amide bonds. The zero-order chi connectivity index (χ0) is 16.6. The summed E-state index contributed by atoms with van der Waals surface area (Å²) in [7, 11) is 0. The topological polar surface area (TPSA) is 106 Å². The third-order valence-electron chi connectivity index (χ3n) is 3.58. The Hall–Kier alpha value is -2.43. The first-order chi connectivity index (χ1) is 11.0. The quantitative estimate of drug-likeness (QED) is 0.757. The van der Waals surface area contributed by atoms with Crippen LogP contribution in [0.1, 0.15) is 27.2 Å². The molecule has 3 aromatic heterocycles. The number of anilines is 1. The molecular formula is C16H14N4OS2. The summed E-state index contributed by atoms with van der Waals surface area (Å²) in [6.07, 6.45) is 2.70. The Morgan fingerprint density at radius 1 is 1.35 bits per heavy atom. The van der Waals surface area contributed by atoms with Gasteiger partial charge in [0.05, 0.1) is 16.3 Å². The minimum atomic E-state index is -0.507. The molecule has 0 aromatic carbocycles. The van der Waals surface area contributed by atoms with Crippen molar-refractivity contribution in [1.29, 1.82) is 5.26 Å². The second-order valence-electron chi connectivity index (χ2n) is 5.15. The number of nitrogens with two attached hydrogens (primary N) is 2. The number of carbonyl (C=O) groups is 1. The normalized spacial score (nSPS) is 10.8. The van der Waals surface area contributed by atoms with E-state index in [-0.39, 0.29) is 0 Å². The number of aromatic nitrogens is 1. The number of pyridine rings is 1. The van der Waals surface area contributed by atoms with Crippen LogP contribution in [0.2, 0.25) is 0 Å². The molecule has 0 saturated heterocycles. The van der Waals surface area contributed by atoms with Crippen LogP contribution >= 0.6 is 22.7 Å². The van der Waals surface area contributed by atoms with Crippen molar-refractivity contribution >= 4 is 44.5 Å². The molecule has 0 fully saturated rings. The van der Waals surface area contributed by atoms with Crippen LogP contribution in [0.25, 0.3) is 19.8 Å². The largest absolute Gasteiger partial charge is 0.383 e. The van der Waals surface area contributed by atoms with Gasteiger partial charge < -0.3 is 11.5 Å². The van der Waals surface area contributed by atoms with Gasteiger partial charge in [-0.2, -0.15) is 5.26 Å². The van der Waals surface area contributed by atoms with Gasteiger partial charge in [-0.15, -0.1) is 22.7 Å². The predicted octanol–water partition coefficient (Wildman–Crippen LogP) is 3.47. The number of nitriles is 1. The molecule has 3 heterocycles. The third kappa shape index (κ3) is 2.79. The Balaban J connectivity index is 2.11. The van der Waals surface area contributed by atoms with Gasteiger partial charge >= 0.3 is 0 Å². The van der Waals surface area contributed by atoms with E-state index < -0.39 is 5.91 Å². The number of amides is 1. The number of hydrogen-bond donors (Lipinski definition) is 2. The summed E-state index contributed by atoms with van der Waals surface area (Å²) in [6, 6.07) is 6.23. The first kappa shape index (κ1) is 15.5. The van der Waals surface area contributed by atoms with Crippen LogP contribution in [0.3, 0.4) is 0 Å². The van der Waals surface area contributed by atoms with Gasteiger partial charge in [-0.05, 0) is 31.0 Å². The fraction of sp³-hybridized carbons (Fsp3) is 0.188. The summed E-state index contributed by atoms with van der Waals surface area (Å²) < 4.78 is 0.768. The Morgan fingerprint density at radius 3 is 2.78 bits per heavy atom. The van der Waals surface area contributed by atoms with Crippen LogP contribution in [0.5, 0.6) is 0 Å². The molecule has 0 aliphatic rings. The molecule has 0 saturated carbocycles. The van der Waals surface area contributed by atoms with Crippen molar-refractivity contribution in [1.82, 2.24) is 4.98 Å². The number of fused-ring (bicyclic) bond motifs is 1. The minimum absolute atomic E-state index is 0.392. The van der Waals surface area contributed by atoms with Crippen LogP contribution in [-0.4, -0.2) is 10.9 Å². The molecule has 23 heavy (non-hydrogen) atoms. The second kappa shape index (κ2) is 5.99. The van der Waals surface area contributed by atoms with Gasteiger partial charge in [-0.25, -0.2) is 4.98 Å². The van der Waals surface area contributed by atoms with Crippen molar-refractivity contribution in [2.75, 3.05) is 5.73 Å². The van der Waals surface area contributed by atoms with Crippen LogP contribution in [-0.2, 0) is 6.42 Å². The Bertz CT molecular complexity index is 949.